The van der Waals surface area contributed by atoms with Gasteiger partial charge in [0.05, 0.1) is 6.54 Å². The number of hydrogen-bond acceptors (Lipinski definition) is 2. The summed E-state index contributed by atoms with van der Waals surface area (Å²) in [6.07, 6.45) is 10.4. The molecule has 0 amide bonds. The first-order chi connectivity index (χ1) is 10.6. The first-order valence-corrected chi connectivity index (χ1v) is 8.59. The lowest BCUT2D eigenvalue weighted by Crippen LogP contribution is -3.13. The van der Waals surface area contributed by atoms with Crippen molar-refractivity contribution in [3.05, 3.63) is 30.1 Å². The van der Waals surface area contributed by atoms with Crippen molar-refractivity contribution in [3.63, 3.8) is 0 Å². The lowest BCUT2D eigenvalue weighted by Gasteiger charge is -2.31. The Hall–Kier alpha value is -1.37. The van der Waals surface area contributed by atoms with Crippen molar-refractivity contribution >= 4 is 0 Å². The molecule has 2 rings (SSSR count). The molecule has 1 aromatic rings. The van der Waals surface area contributed by atoms with E-state index in [1.807, 2.05) is 25.4 Å². The number of nitrogens with one attached hydrogen (secondary N) is 1. The molecular formula is C19H29N2O+. The fourth-order valence-electron chi connectivity index (χ4n) is 3.21. The highest BCUT2D eigenvalue weighted by atomic mass is 16.3. The second-order valence-electron chi connectivity index (χ2n) is 6.60. The van der Waals surface area contributed by atoms with Crippen LogP contribution in [-0.4, -0.2) is 28.8 Å². The zero-order chi connectivity index (χ0) is 15.8. The average molecular weight is 301 g/mol. The second-order valence-corrected chi connectivity index (χ2v) is 6.60. The highest BCUT2D eigenvalue weighted by molar-refractivity contribution is 5.14. The number of likely N-dealkylation sites (tertiary alicyclic amines) is 1. The molecule has 22 heavy (non-hydrogen) atoms. The van der Waals surface area contributed by atoms with Crippen LogP contribution >= 0.6 is 0 Å². The van der Waals surface area contributed by atoms with Crippen molar-refractivity contribution in [1.82, 2.24) is 4.98 Å². The predicted molar refractivity (Wildman–Crippen MR) is 89.5 cm³/mol. The molecule has 1 aromatic heterocycles. The van der Waals surface area contributed by atoms with Crippen LogP contribution in [0.5, 0.6) is 0 Å². The lowest BCUT2D eigenvalue weighted by molar-refractivity contribution is -0.930. The number of pyridine rings is 1. The summed E-state index contributed by atoms with van der Waals surface area (Å²) < 4.78 is 0. The number of aliphatic hydroxyl groups is 1. The number of rotatable bonds is 5. The van der Waals surface area contributed by atoms with Gasteiger partial charge in [0.2, 0.25) is 0 Å². The van der Waals surface area contributed by atoms with Gasteiger partial charge in [-0.15, -0.1) is 0 Å². The van der Waals surface area contributed by atoms with E-state index in [0.29, 0.717) is 6.04 Å². The Balaban J connectivity index is 1.98. The van der Waals surface area contributed by atoms with E-state index in [1.54, 1.807) is 0 Å². The van der Waals surface area contributed by atoms with E-state index in [4.69, 9.17) is 0 Å². The van der Waals surface area contributed by atoms with E-state index >= 15 is 0 Å². The van der Waals surface area contributed by atoms with Gasteiger partial charge in [-0.2, -0.15) is 0 Å². The monoisotopic (exact) mass is 301 g/mol. The van der Waals surface area contributed by atoms with Crippen LogP contribution in [0, 0.1) is 11.8 Å². The minimum atomic E-state index is -0.838. The third-order valence-corrected chi connectivity index (χ3v) is 4.51. The molecule has 1 aliphatic rings. The molecule has 1 aliphatic heterocycles. The van der Waals surface area contributed by atoms with Crippen LogP contribution in [0.3, 0.4) is 0 Å². The number of quaternary nitrogens is 1. The summed E-state index contributed by atoms with van der Waals surface area (Å²) >= 11 is 0. The Morgan fingerprint density at radius 2 is 2.32 bits per heavy atom. The molecule has 0 aromatic carbocycles. The number of piperidine rings is 1. The fourth-order valence-corrected chi connectivity index (χ4v) is 3.21. The normalized spacial score (nSPS) is 24.1. The summed E-state index contributed by atoms with van der Waals surface area (Å²) in [5, 5.41) is 10.3. The molecule has 0 radical (unpaired) electrons. The summed E-state index contributed by atoms with van der Waals surface area (Å²) in [6.45, 7) is 5.94. The quantitative estimate of drug-likeness (QED) is 0.818. The van der Waals surface area contributed by atoms with Gasteiger partial charge in [-0.05, 0) is 44.6 Å². The molecule has 120 valence electrons. The number of aromatic nitrogens is 1. The van der Waals surface area contributed by atoms with Crippen molar-refractivity contribution in [2.75, 3.05) is 13.1 Å². The van der Waals surface area contributed by atoms with Gasteiger partial charge in [-0.1, -0.05) is 25.3 Å². The number of nitrogens with zero attached hydrogens (tertiary/aromatic N) is 1. The van der Waals surface area contributed by atoms with Crippen LogP contribution in [0.1, 0.15) is 64.0 Å². The summed E-state index contributed by atoms with van der Waals surface area (Å²) in [5.74, 6) is 6.33. The maximum atomic E-state index is 10.3. The average Bonchev–Trinajstić information content (AvgIpc) is 2.54. The third kappa shape index (κ3) is 5.12. The smallest absolute Gasteiger partial charge is 0.139 e. The lowest BCUT2D eigenvalue weighted by atomic mass is 9.96. The SMILES string of the molecule is CCCC[C@](C)(O)C#CC[NH+]1CCCC[C@@H]1c1cccnc1. The largest absolute Gasteiger partial charge is 0.378 e. The van der Waals surface area contributed by atoms with Gasteiger partial charge in [0.25, 0.3) is 0 Å². The zero-order valence-electron chi connectivity index (χ0n) is 13.9. The Kier molecular flexibility index (Phi) is 6.42. The van der Waals surface area contributed by atoms with E-state index in [9.17, 15) is 5.11 Å². The van der Waals surface area contributed by atoms with Gasteiger partial charge < -0.3 is 10.0 Å². The van der Waals surface area contributed by atoms with Crippen LogP contribution < -0.4 is 4.90 Å². The molecule has 1 unspecified atom stereocenters. The predicted octanol–water partition coefficient (Wildman–Crippen LogP) is 2.14. The van der Waals surface area contributed by atoms with E-state index in [-0.39, 0.29) is 0 Å². The van der Waals surface area contributed by atoms with Gasteiger partial charge in [0.1, 0.15) is 18.2 Å². The summed E-state index contributed by atoms with van der Waals surface area (Å²) in [7, 11) is 0. The maximum absolute atomic E-state index is 10.3. The van der Waals surface area contributed by atoms with Crippen molar-refractivity contribution in [2.45, 2.75) is 64.0 Å². The number of hydrogen-bond donors (Lipinski definition) is 2. The maximum Gasteiger partial charge on any atom is 0.139 e. The van der Waals surface area contributed by atoms with Gasteiger partial charge >= 0.3 is 0 Å². The van der Waals surface area contributed by atoms with E-state index in [0.717, 1.165) is 32.4 Å². The van der Waals surface area contributed by atoms with Crippen LogP contribution in [0.15, 0.2) is 24.5 Å². The van der Waals surface area contributed by atoms with E-state index in [2.05, 4.69) is 29.8 Å². The first-order valence-electron chi connectivity index (χ1n) is 8.59. The van der Waals surface area contributed by atoms with Crippen LogP contribution in [-0.2, 0) is 0 Å². The Morgan fingerprint density at radius 3 is 3.05 bits per heavy atom. The molecular weight excluding hydrogens is 272 g/mol. The topological polar surface area (TPSA) is 37.6 Å². The van der Waals surface area contributed by atoms with Gasteiger partial charge in [0.15, 0.2) is 0 Å². The fraction of sp³-hybridized carbons (Fsp3) is 0.632. The molecule has 2 N–H and O–H groups in total. The van der Waals surface area contributed by atoms with Crippen LogP contribution in [0.2, 0.25) is 0 Å². The van der Waals surface area contributed by atoms with Crippen LogP contribution in [0.25, 0.3) is 0 Å². The Labute approximate surface area is 134 Å². The molecule has 1 fully saturated rings. The van der Waals surface area contributed by atoms with Gasteiger partial charge in [-0.25, -0.2) is 0 Å². The van der Waals surface area contributed by atoms with Crippen molar-refractivity contribution < 1.29 is 10.0 Å². The summed E-state index contributed by atoms with van der Waals surface area (Å²) in [6, 6.07) is 4.69. The molecule has 2 heterocycles. The van der Waals surface area contributed by atoms with Gasteiger partial charge in [0, 0.05) is 24.4 Å². The molecule has 0 saturated carbocycles. The highest BCUT2D eigenvalue weighted by Gasteiger charge is 2.27. The van der Waals surface area contributed by atoms with E-state index in [1.165, 1.54) is 29.7 Å². The molecule has 3 heteroatoms. The second kappa shape index (κ2) is 8.31. The van der Waals surface area contributed by atoms with Crippen LogP contribution in [0.4, 0.5) is 0 Å². The van der Waals surface area contributed by atoms with Gasteiger partial charge in [-0.3, -0.25) is 4.98 Å². The molecule has 0 bridgehead atoms. The van der Waals surface area contributed by atoms with Crippen molar-refractivity contribution in [2.24, 2.45) is 0 Å². The minimum absolute atomic E-state index is 0.498. The minimum Gasteiger partial charge on any atom is -0.378 e. The summed E-state index contributed by atoms with van der Waals surface area (Å²) in [5.41, 5.74) is 0.478. The third-order valence-electron chi connectivity index (χ3n) is 4.51. The molecule has 0 aliphatic carbocycles. The Bertz CT molecular complexity index is 501. The first kappa shape index (κ1) is 17.0. The van der Waals surface area contributed by atoms with E-state index < -0.39 is 5.60 Å². The summed E-state index contributed by atoms with van der Waals surface area (Å²) in [4.78, 5) is 5.77. The zero-order valence-corrected chi connectivity index (χ0v) is 13.9. The van der Waals surface area contributed by atoms with Crippen molar-refractivity contribution in [1.29, 1.82) is 0 Å². The molecule has 0 spiro atoms. The molecule has 3 nitrogen and oxygen atoms in total. The standard InChI is InChI=1S/C19H28N2O/c1-3-4-11-19(2,22)12-8-15-21-14-6-5-10-18(21)17-9-7-13-20-16-17/h7,9,13,16,18,22H,3-6,10-11,14-15H2,1-2H3/p+1/t18-,19+/m1/s1. The van der Waals surface area contributed by atoms with Crippen molar-refractivity contribution in [3.8, 4) is 11.8 Å². The Morgan fingerprint density at radius 1 is 1.45 bits per heavy atom. The number of unbranched alkanes of at least 4 members (excludes halogenated alkanes) is 1. The molecule has 1 saturated heterocycles. The highest BCUT2D eigenvalue weighted by Crippen LogP contribution is 2.18. The molecule has 3 atom stereocenters.